The first-order valence-corrected chi connectivity index (χ1v) is 7.93. The summed E-state index contributed by atoms with van der Waals surface area (Å²) in [6.45, 7) is 1.09. The quantitative estimate of drug-likeness (QED) is 0.876. The molecular weight excluding hydrogens is 310 g/mol. The molecule has 23 heavy (non-hydrogen) atoms. The van der Waals surface area contributed by atoms with Crippen molar-refractivity contribution in [3.63, 3.8) is 0 Å². The average Bonchev–Trinajstić information content (AvgIpc) is 3.24. The molecule has 6 nitrogen and oxygen atoms in total. The van der Waals surface area contributed by atoms with Gasteiger partial charge in [-0.1, -0.05) is 23.5 Å². The first kappa shape index (κ1) is 15.0. The molecule has 1 saturated heterocycles. The minimum Gasteiger partial charge on any atom is -0.310 e. The van der Waals surface area contributed by atoms with Crippen LogP contribution in [0.4, 0.5) is 5.13 Å². The summed E-state index contributed by atoms with van der Waals surface area (Å²) in [6.07, 6.45) is 4.43. The van der Waals surface area contributed by atoms with Crippen LogP contribution in [0.1, 0.15) is 12.0 Å². The fraction of sp³-hybridized carbons (Fsp3) is 0.250. The van der Waals surface area contributed by atoms with Gasteiger partial charge in [0.1, 0.15) is 0 Å². The number of nitrogens with one attached hydrogen (secondary N) is 1. The molecule has 2 aromatic rings. The molecule has 0 radical (unpaired) electrons. The van der Waals surface area contributed by atoms with Gasteiger partial charge < -0.3 is 10.2 Å². The Morgan fingerprint density at radius 3 is 3.04 bits per heavy atom. The summed E-state index contributed by atoms with van der Waals surface area (Å²) in [5.41, 5.74) is 1.49. The SMILES string of the molecule is N#Cc1cccc(-c2cnc(NC(=O)C3CCN(C#N)C3)s2)c1. The second-order valence-electron chi connectivity index (χ2n) is 5.24. The number of aromatic nitrogens is 1. The van der Waals surface area contributed by atoms with Gasteiger partial charge in [-0.05, 0) is 24.1 Å². The summed E-state index contributed by atoms with van der Waals surface area (Å²) in [7, 11) is 0. The van der Waals surface area contributed by atoms with E-state index in [1.165, 1.54) is 11.3 Å². The second kappa shape index (κ2) is 6.47. The number of rotatable bonds is 3. The van der Waals surface area contributed by atoms with Gasteiger partial charge in [0.2, 0.25) is 5.91 Å². The number of benzene rings is 1. The highest BCUT2D eigenvalue weighted by Gasteiger charge is 2.28. The molecule has 1 amide bonds. The number of thiazole rings is 1. The average molecular weight is 323 g/mol. The summed E-state index contributed by atoms with van der Waals surface area (Å²) >= 11 is 1.37. The number of likely N-dealkylation sites (tertiary alicyclic amines) is 1. The molecule has 1 atom stereocenters. The highest BCUT2D eigenvalue weighted by atomic mass is 32.1. The summed E-state index contributed by atoms with van der Waals surface area (Å²) in [6, 6.07) is 9.37. The Morgan fingerprint density at radius 2 is 2.30 bits per heavy atom. The van der Waals surface area contributed by atoms with Crippen LogP contribution in [-0.4, -0.2) is 28.9 Å². The molecule has 114 valence electrons. The lowest BCUT2D eigenvalue weighted by molar-refractivity contribution is -0.119. The van der Waals surface area contributed by atoms with Crippen molar-refractivity contribution in [3.8, 4) is 22.7 Å². The molecule has 0 saturated carbocycles. The van der Waals surface area contributed by atoms with E-state index in [0.29, 0.717) is 30.2 Å². The number of carbonyl (C=O) groups excluding carboxylic acids is 1. The Balaban J connectivity index is 1.69. The minimum atomic E-state index is -0.177. The van der Waals surface area contributed by atoms with E-state index < -0.39 is 0 Å². The predicted molar refractivity (Wildman–Crippen MR) is 86.2 cm³/mol. The van der Waals surface area contributed by atoms with Gasteiger partial charge >= 0.3 is 0 Å². The monoisotopic (exact) mass is 323 g/mol. The van der Waals surface area contributed by atoms with Crippen molar-refractivity contribution in [2.75, 3.05) is 18.4 Å². The van der Waals surface area contributed by atoms with E-state index in [0.717, 1.165) is 10.4 Å². The third-order valence-electron chi connectivity index (χ3n) is 3.71. The van der Waals surface area contributed by atoms with Crippen molar-refractivity contribution in [1.82, 2.24) is 9.88 Å². The lowest BCUT2D eigenvalue weighted by Gasteiger charge is -2.08. The first-order valence-electron chi connectivity index (χ1n) is 7.11. The molecule has 1 aliphatic heterocycles. The molecule has 3 rings (SSSR count). The van der Waals surface area contributed by atoms with Crippen LogP contribution < -0.4 is 5.32 Å². The zero-order chi connectivity index (χ0) is 16.2. The van der Waals surface area contributed by atoms with E-state index >= 15 is 0 Å². The number of nitriles is 2. The fourth-order valence-corrected chi connectivity index (χ4v) is 3.30. The van der Waals surface area contributed by atoms with Gasteiger partial charge in [0.15, 0.2) is 11.3 Å². The number of anilines is 1. The molecule has 1 aromatic heterocycles. The molecule has 1 aliphatic rings. The molecule has 1 N–H and O–H groups in total. The molecule has 1 aromatic carbocycles. The van der Waals surface area contributed by atoms with Crippen molar-refractivity contribution in [1.29, 1.82) is 10.5 Å². The van der Waals surface area contributed by atoms with Crippen LogP contribution in [0.3, 0.4) is 0 Å². The number of amides is 1. The van der Waals surface area contributed by atoms with Crippen LogP contribution in [0.25, 0.3) is 10.4 Å². The predicted octanol–water partition coefficient (Wildman–Crippen LogP) is 2.42. The third-order valence-corrected chi connectivity index (χ3v) is 4.67. The van der Waals surface area contributed by atoms with E-state index in [9.17, 15) is 4.79 Å². The topological polar surface area (TPSA) is 92.8 Å². The van der Waals surface area contributed by atoms with Gasteiger partial charge in [0, 0.05) is 19.3 Å². The van der Waals surface area contributed by atoms with Crippen LogP contribution >= 0.6 is 11.3 Å². The summed E-state index contributed by atoms with van der Waals surface area (Å²) in [4.78, 5) is 18.9. The van der Waals surface area contributed by atoms with Gasteiger partial charge in [-0.25, -0.2) is 4.98 Å². The van der Waals surface area contributed by atoms with Crippen molar-refractivity contribution in [2.24, 2.45) is 5.92 Å². The zero-order valence-corrected chi connectivity index (χ0v) is 13.0. The van der Waals surface area contributed by atoms with Gasteiger partial charge in [0.05, 0.1) is 22.4 Å². The van der Waals surface area contributed by atoms with Crippen LogP contribution in [0.5, 0.6) is 0 Å². The normalized spacial score (nSPS) is 16.6. The Bertz CT molecular complexity index is 816. The van der Waals surface area contributed by atoms with Crippen LogP contribution in [0.2, 0.25) is 0 Å². The van der Waals surface area contributed by atoms with Crippen LogP contribution in [0.15, 0.2) is 30.5 Å². The minimum absolute atomic E-state index is 0.102. The Labute approximate surface area is 137 Å². The molecule has 1 fully saturated rings. The van der Waals surface area contributed by atoms with Gasteiger partial charge in [-0.3, -0.25) is 4.79 Å². The van der Waals surface area contributed by atoms with Crippen molar-refractivity contribution >= 4 is 22.4 Å². The van der Waals surface area contributed by atoms with Crippen molar-refractivity contribution in [3.05, 3.63) is 36.0 Å². The fourth-order valence-electron chi connectivity index (χ4n) is 2.48. The van der Waals surface area contributed by atoms with Gasteiger partial charge in [-0.15, -0.1) is 0 Å². The highest BCUT2D eigenvalue weighted by Crippen LogP contribution is 2.30. The Morgan fingerprint density at radius 1 is 1.43 bits per heavy atom. The number of carbonyl (C=O) groups is 1. The maximum Gasteiger partial charge on any atom is 0.231 e. The maximum absolute atomic E-state index is 12.2. The second-order valence-corrected chi connectivity index (χ2v) is 6.27. The zero-order valence-electron chi connectivity index (χ0n) is 12.2. The number of hydrogen-bond acceptors (Lipinski definition) is 6. The molecule has 7 heteroatoms. The van der Waals surface area contributed by atoms with Gasteiger partial charge in [-0.2, -0.15) is 10.5 Å². The summed E-state index contributed by atoms with van der Waals surface area (Å²) < 4.78 is 0. The van der Waals surface area contributed by atoms with E-state index in [-0.39, 0.29) is 11.8 Å². The van der Waals surface area contributed by atoms with E-state index in [1.54, 1.807) is 23.2 Å². The first-order chi connectivity index (χ1) is 11.2. The highest BCUT2D eigenvalue weighted by molar-refractivity contribution is 7.19. The molecule has 2 heterocycles. The largest absolute Gasteiger partial charge is 0.310 e. The molecule has 0 bridgehead atoms. The van der Waals surface area contributed by atoms with Crippen LogP contribution in [-0.2, 0) is 4.79 Å². The van der Waals surface area contributed by atoms with E-state index in [1.807, 2.05) is 12.1 Å². The van der Waals surface area contributed by atoms with E-state index in [2.05, 4.69) is 22.6 Å². The molecular formula is C16H13N5OS. The summed E-state index contributed by atoms with van der Waals surface area (Å²) in [5, 5.41) is 21.1. The van der Waals surface area contributed by atoms with Crippen LogP contribution in [0, 0.1) is 28.7 Å². The maximum atomic E-state index is 12.2. The van der Waals surface area contributed by atoms with Crippen molar-refractivity contribution < 1.29 is 4.79 Å². The number of hydrogen-bond donors (Lipinski definition) is 1. The number of nitrogens with zero attached hydrogens (tertiary/aromatic N) is 4. The lowest BCUT2D eigenvalue weighted by Crippen LogP contribution is -2.25. The molecule has 0 spiro atoms. The Kier molecular flexibility index (Phi) is 4.22. The van der Waals surface area contributed by atoms with Gasteiger partial charge in [0.25, 0.3) is 0 Å². The third kappa shape index (κ3) is 3.31. The van der Waals surface area contributed by atoms with Crippen molar-refractivity contribution in [2.45, 2.75) is 6.42 Å². The van der Waals surface area contributed by atoms with E-state index in [4.69, 9.17) is 10.5 Å². The standard InChI is InChI=1S/C16H13N5OS/c17-7-11-2-1-3-12(6-11)14-8-19-16(23-14)20-15(22)13-4-5-21(9-13)10-18/h1-3,6,8,13H,4-5,9H2,(H,19,20,22). The lowest BCUT2D eigenvalue weighted by atomic mass is 10.1. The molecule has 0 aliphatic carbocycles. The molecule has 1 unspecified atom stereocenters. The summed E-state index contributed by atoms with van der Waals surface area (Å²) in [5.74, 6) is -0.279. The smallest absolute Gasteiger partial charge is 0.231 e. The Hall–Kier alpha value is -2.90.